The molecular formula is C15H27F3N2. The second-order valence-electron chi connectivity index (χ2n) is 6.87. The van der Waals surface area contributed by atoms with Crippen LogP contribution in [-0.4, -0.2) is 42.3 Å². The molecule has 0 aromatic heterocycles. The SMILES string of the molecule is CC(C)C1CNC2(CCCCC2)CN1CCC(F)(F)F. The van der Waals surface area contributed by atoms with Gasteiger partial charge in [-0.3, -0.25) is 4.90 Å². The van der Waals surface area contributed by atoms with Crippen molar-refractivity contribution in [3.8, 4) is 0 Å². The lowest BCUT2D eigenvalue weighted by molar-refractivity contribution is -0.141. The summed E-state index contributed by atoms with van der Waals surface area (Å²) in [4.78, 5) is 2.10. The number of alkyl halides is 3. The molecule has 2 rings (SSSR count). The van der Waals surface area contributed by atoms with Crippen molar-refractivity contribution in [2.24, 2.45) is 5.92 Å². The van der Waals surface area contributed by atoms with Crippen molar-refractivity contribution < 1.29 is 13.2 Å². The second kappa shape index (κ2) is 6.22. The maximum atomic E-state index is 12.5. The minimum absolute atomic E-state index is 0.0786. The van der Waals surface area contributed by atoms with Gasteiger partial charge in [0.25, 0.3) is 0 Å². The highest BCUT2D eigenvalue weighted by Crippen LogP contribution is 2.33. The van der Waals surface area contributed by atoms with Crippen LogP contribution < -0.4 is 5.32 Å². The smallest absolute Gasteiger partial charge is 0.308 e. The zero-order valence-electron chi connectivity index (χ0n) is 12.6. The van der Waals surface area contributed by atoms with Gasteiger partial charge in [0.1, 0.15) is 0 Å². The predicted octanol–water partition coefficient (Wildman–Crippen LogP) is 3.57. The molecule has 0 amide bonds. The molecule has 1 saturated carbocycles. The van der Waals surface area contributed by atoms with Crippen molar-refractivity contribution >= 4 is 0 Å². The van der Waals surface area contributed by atoms with Gasteiger partial charge < -0.3 is 5.32 Å². The van der Waals surface area contributed by atoms with Crippen LogP contribution in [0.5, 0.6) is 0 Å². The van der Waals surface area contributed by atoms with Crippen molar-refractivity contribution in [1.29, 1.82) is 0 Å². The number of halogens is 3. The Labute approximate surface area is 120 Å². The van der Waals surface area contributed by atoms with E-state index in [9.17, 15) is 13.2 Å². The summed E-state index contributed by atoms with van der Waals surface area (Å²) in [5.74, 6) is 0.386. The highest BCUT2D eigenvalue weighted by molar-refractivity contribution is 5.00. The minimum Gasteiger partial charge on any atom is -0.308 e. The molecule has 1 N–H and O–H groups in total. The van der Waals surface area contributed by atoms with E-state index < -0.39 is 12.6 Å². The first-order chi connectivity index (χ1) is 9.31. The minimum atomic E-state index is -4.05. The summed E-state index contributed by atoms with van der Waals surface area (Å²) in [6.07, 6.45) is 1.15. The molecular weight excluding hydrogens is 265 g/mol. The first-order valence-electron chi connectivity index (χ1n) is 7.87. The van der Waals surface area contributed by atoms with Crippen LogP contribution in [0.2, 0.25) is 0 Å². The van der Waals surface area contributed by atoms with Crippen molar-refractivity contribution in [2.45, 2.75) is 70.1 Å². The first-order valence-corrected chi connectivity index (χ1v) is 7.87. The van der Waals surface area contributed by atoms with Crippen LogP contribution in [0.4, 0.5) is 13.2 Å². The van der Waals surface area contributed by atoms with Crippen molar-refractivity contribution in [2.75, 3.05) is 19.6 Å². The number of piperazine rings is 1. The van der Waals surface area contributed by atoms with Gasteiger partial charge in [-0.2, -0.15) is 13.2 Å². The highest BCUT2D eigenvalue weighted by atomic mass is 19.4. The number of rotatable bonds is 3. The normalized spacial score (nSPS) is 28.2. The van der Waals surface area contributed by atoms with E-state index in [1.165, 1.54) is 19.3 Å². The van der Waals surface area contributed by atoms with E-state index in [1.807, 2.05) is 0 Å². The van der Waals surface area contributed by atoms with Crippen molar-refractivity contribution in [1.82, 2.24) is 10.2 Å². The Morgan fingerprint density at radius 1 is 1.20 bits per heavy atom. The fourth-order valence-corrected chi connectivity index (χ4v) is 3.75. The van der Waals surface area contributed by atoms with E-state index >= 15 is 0 Å². The zero-order chi connectivity index (χ0) is 14.8. The van der Waals surface area contributed by atoms with Gasteiger partial charge >= 0.3 is 6.18 Å². The van der Waals surface area contributed by atoms with E-state index in [0.29, 0.717) is 5.92 Å². The number of hydrogen-bond donors (Lipinski definition) is 1. The Kier molecular flexibility index (Phi) is 5.00. The van der Waals surface area contributed by atoms with Crippen LogP contribution in [0.1, 0.15) is 52.4 Å². The Hall–Kier alpha value is -0.290. The molecule has 1 saturated heterocycles. The van der Waals surface area contributed by atoms with Crippen LogP contribution >= 0.6 is 0 Å². The summed E-state index contributed by atoms with van der Waals surface area (Å²) < 4.78 is 37.6. The molecule has 1 aliphatic heterocycles. The summed E-state index contributed by atoms with van der Waals surface area (Å²) in [5, 5.41) is 3.67. The van der Waals surface area contributed by atoms with Gasteiger partial charge in [-0.15, -0.1) is 0 Å². The Morgan fingerprint density at radius 2 is 1.85 bits per heavy atom. The fraction of sp³-hybridized carbons (Fsp3) is 1.00. The van der Waals surface area contributed by atoms with Gasteiger partial charge in [0, 0.05) is 31.2 Å². The lowest BCUT2D eigenvalue weighted by Crippen LogP contribution is -2.66. The Balaban J connectivity index is 2.01. The largest absolute Gasteiger partial charge is 0.390 e. The molecule has 1 aliphatic carbocycles. The van der Waals surface area contributed by atoms with Gasteiger partial charge in [0.2, 0.25) is 0 Å². The third-order valence-electron chi connectivity index (χ3n) is 4.92. The van der Waals surface area contributed by atoms with E-state index in [2.05, 4.69) is 24.1 Å². The van der Waals surface area contributed by atoms with Crippen LogP contribution in [0.3, 0.4) is 0 Å². The topological polar surface area (TPSA) is 15.3 Å². The van der Waals surface area contributed by atoms with Crippen molar-refractivity contribution in [3.63, 3.8) is 0 Å². The van der Waals surface area contributed by atoms with Crippen LogP contribution in [-0.2, 0) is 0 Å². The second-order valence-corrected chi connectivity index (χ2v) is 6.87. The molecule has 5 heteroatoms. The van der Waals surface area contributed by atoms with Crippen LogP contribution in [0, 0.1) is 5.92 Å². The summed E-state index contributed by atoms with van der Waals surface area (Å²) in [5.41, 5.74) is 0.0786. The van der Waals surface area contributed by atoms with Gasteiger partial charge in [0.05, 0.1) is 6.42 Å². The summed E-state index contributed by atoms with van der Waals surface area (Å²) in [7, 11) is 0. The standard InChI is InChI=1S/C15H27F3N2/c1-12(2)13-10-19-14(6-4-3-5-7-14)11-20(13)9-8-15(16,17)18/h12-13,19H,3-11H2,1-2H3. The van der Waals surface area contributed by atoms with Crippen LogP contribution in [0.25, 0.3) is 0 Å². The summed E-state index contributed by atoms with van der Waals surface area (Å²) in [6.45, 7) is 5.97. The third kappa shape index (κ3) is 4.10. The van der Waals surface area contributed by atoms with Gasteiger partial charge in [-0.25, -0.2) is 0 Å². The van der Waals surface area contributed by atoms with Gasteiger partial charge in [-0.1, -0.05) is 33.1 Å². The molecule has 0 radical (unpaired) electrons. The molecule has 0 bridgehead atoms. The van der Waals surface area contributed by atoms with Gasteiger partial charge in [0.15, 0.2) is 0 Å². The first kappa shape index (κ1) is 16.1. The molecule has 0 aromatic rings. The molecule has 1 atom stereocenters. The quantitative estimate of drug-likeness (QED) is 0.855. The Morgan fingerprint density at radius 3 is 2.40 bits per heavy atom. The predicted molar refractivity (Wildman–Crippen MR) is 74.7 cm³/mol. The molecule has 1 spiro atoms. The molecule has 1 unspecified atom stereocenters. The maximum absolute atomic E-state index is 12.5. The lowest BCUT2D eigenvalue weighted by Gasteiger charge is -2.51. The van der Waals surface area contributed by atoms with E-state index in [0.717, 1.165) is 25.9 Å². The van der Waals surface area contributed by atoms with E-state index in [4.69, 9.17) is 0 Å². The van der Waals surface area contributed by atoms with Crippen molar-refractivity contribution in [3.05, 3.63) is 0 Å². The molecule has 2 fully saturated rings. The number of nitrogens with zero attached hydrogens (tertiary/aromatic N) is 1. The molecule has 20 heavy (non-hydrogen) atoms. The maximum Gasteiger partial charge on any atom is 0.390 e. The lowest BCUT2D eigenvalue weighted by atomic mass is 9.78. The van der Waals surface area contributed by atoms with Gasteiger partial charge in [-0.05, 0) is 18.8 Å². The average molecular weight is 292 g/mol. The van der Waals surface area contributed by atoms with Crippen LogP contribution in [0.15, 0.2) is 0 Å². The average Bonchev–Trinajstić information content (AvgIpc) is 2.36. The molecule has 2 aliphatic rings. The van der Waals surface area contributed by atoms with E-state index in [-0.39, 0.29) is 18.1 Å². The molecule has 2 nitrogen and oxygen atoms in total. The monoisotopic (exact) mass is 292 g/mol. The fourth-order valence-electron chi connectivity index (χ4n) is 3.75. The molecule has 1 heterocycles. The van der Waals surface area contributed by atoms with E-state index in [1.54, 1.807) is 0 Å². The summed E-state index contributed by atoms with van der Waals surface area (Å²) in [6, 6.07) is 0.227. The number of hydrogen-bond acceptors (Lipinski definition) is 2. The highest BCUT2D eigenvalue weighted by Gasteiger charge is 2.41. The molecule has 118 valence electrons. The zero-order valence-corrected chi connectivity index (χ0v) is 12.6. The summed E-state index contributed by atoms with van der Waals surface area (Å²) >= 11 is 0. The number of nitrogens with one attached hydrogen (secondary N) is 1. The third-order valence-corrected chi connectivity index (χ3v) is 4.92. The molecule has 0 aromatic carbocycles. The Bertz CT molecular complexity index is 309.